The highest BCUT2D eigenvalue weighted by Crippen LogP contribution is 2.36. The van der Waals surface area contributed by atoms with Crippen molar-refractivity contribution in [3.8, 4) is 11.5 Å². The first-order valence-corrected chi connectivity index (χ1v) is 8.83. The first-order valence-electron chi connectivity index (χ1n) is 8.45. The van der Waals surface area contributed by atoms with E-state index in [4.69, 9.17) is 26.2 Å². The third-order valence-electron chi connectivity index (χ3n) is 3.59. The fraction of sp³-hybridized carbons (Fsp3) is 0.556. The van der Waals surface area contributed by atoms with Crippen molar-refractivity contribution in [3.05, 3.63) is 22.7 Å². The van der Waals surface area contributed by atoms with Crippen molar-refractivity contribution in [1.29, 1.82) is 0 Å². The molecule has 0 unspecified atom stereocenters. The second kappa shape index (κ2) is 11.6. The Labute approximate surface area is 153 Å². The number of carbonyl (C=O) groups is 2. The molecule has 0 bridgehead atoms. The number of amides is 1. The van der Waals surface area contributed by atoms with Gasteiger partial charge >= 0.3 is 5.97 Å². The van der Waals surface area contributed by atoms with Gasteiger partial charge in [-0.3, -0.25) is 9.59 Å². The zero-order chi connectivity index (χ0) is 18.7. The molecule has 0 aliphatic rings. The maximum atomic E-state index is 11.5. The van der Waals surface area contributed by atoms with Crippen LogP contribution in [-0.4, -0.2) is 37.2 Å². The summed E-state index contributed by atoms with van der Waals surface area (Å²) < 4.78 is 11.1. The molecule has 7 heteroatoms. The number of hydrogen-bond donors (Lipinski definition) is 2. The molecular formula is C18H26ClNO5. The number of halogens is 1. The van der Waals surface area contributed by atoms with Gasteiger partial charge in [-0.25, -0.2) is 0 Å². The summed E-state index contributed by atoms with van der Waals surface area (Å²) in [6, 6.07) is 3.63. The average molecular weight is 372 g/mol. The van der Waals surface area contributed by atoms with E-state index < -0.39 is 5.97 Å². The zero-order valence-corrected chi connectivity index (χ0v) is 15.5. The van der Waals surface area contributed by atoms with Gasteiger partial charge in [-0.1, -0.05) is 31.4 Å². The van der Waals surface area contributed by atoms with Gasteiger partial charge < -0.3 is 19.9 Å². The number of ether oxygens (including phenoxy) is 2. The van der Waals surface area contributed by atoms with Gasteiger partial charge in [-0.05, 0) is 30.5 Å². The van der Waals surface area contributed by atoms with E-state index in [-0.39, 0.29) is 18.7 Å². The van der Waals surface area contributed by atoms with Crippen molar-refractivity contribution in [1.82, 2.24) is 5.32 Å². The number of rotatable bonds is 12. The van der Waals surface area contributed by atoms with Crippen LogP contribution in [-0.2, 0) is 16.0 Å². The van der Waals surface area contributed by atoms with Crippen LogP contribution in [0.1, 0.15) is 44.6 Å². The van der Waals surface area contributed by atoms with Crippen LogP contribution < -0.4 is 14.8 Å². The van der Waals surface area contributed by atoms with Gasteiger partial charge in [-0.15, -0.1) is 0 Å². The molecule has 1 aromatic rings. The smallest absolute Gasteiger partial charge is 0.303 e. The minimum absolute atomic E-state index is 0.0239. The molecule has 6 nitrogen and oxygen atoms in total. The SMILES string of the molecule is CCCCCOc1c(Cl)cc(CCNC(=O)CCC(=O)O)cc1OC. The summed E-state index contributed by atoms with van der Waals surface area (Å²) in [5.74, 6) is -0.164. The van der Waals surface area contributed by atoms with Gasteiger partial charge in [0.25, 0.3) is 0 Å². The largest absolute Gasteiger partial charge is 0.493 e. The summed E-state index contributed by atoms with van der Waals surface area (Å²) in [6.45, 7) is 3.11. The van der Waals surface area contributed by atoms with E-state index in [0.717, 1.165) is 24.8 Å². The third kappa shape index (κ3) is 8.12. The monoisotopic (exact) mass is 371 g/mol. The maximum Gasteiger partial charge on any atom is 0.303 e. The number of carbonyl (C=O) groups excluding carboxylic acids is 1. The second-order valence-corrected chi connectivity index (χ2v) is 6.07. The molecule has 140 valence electrons. The zero-order valence-electron chi connectivity index (χ0n) is 14.8. The van der Waals surface area contributed by atoms with Crippen molar-refractivity contribution in [2.75, 3.05) is 20.3 Å². The van der Waals surface area contributed by atoms with Crippen LogP contribution in [0.5, 0.6) is 11.5 Å². The van der Waals surface area contributed by atoms with Crippen molar-refractivity contribution in [2.45, 2.75) is 45.4 Å². The van der Waals surface area contributed by atoms with Crippen LogP contribution in [0, 0.1) is 0 Å². The molecule has 0 saturated carbocycles. The number of benzene rings is 1. The van der Waals surface area contributed by atoms with E-state index >= 15 is 0 Å². The minimum atomic E-state index is -0.985. The lowest BCUT2D eigenvalue weighted by Crippen LogP contribution is -2.26. The highest BCUT2D eigenvalue weighted by Gasteiger charge is 2.12. The molecule has 0 aliphatic heterocycles. The molecule has 0 spiro atoms. The van der Waals surface area contributed by atoms with E-state index in [9.17, 15) is 9.59 Å². The molecule has 1 aromatic carbocycles. The number of methoxy groups -OCH3 is 1. The topological polar surface area (TPSA) is 84.9 Å². The van der Waals surface area contributed by atoms with Gasteiger partial charge in [0.15, 0.2) is 11.5 Å². The van der Waals surface area contributed by atoms with E-state index in [2.05, 4.69) is 12.2 Å². The number of carboxylic acid groups (broad SMARTS) is 1. The van der Waals surface area contributed by atoms with E-state index in [1.165, 1.54) is 0 Å². The Bertz CT molecular complexity index is 577. The molecule has 0 atom stereocenters. The maximum absolute atomic E-state index is 11.5. The molecule has 0 aliphatic carbocycles. The number of carboxylic acids is 1. The van der Waals surface area contributed by atoms with Crippen LogP contribution in [0.15, 0.2) is 12.1 Å². The van der Waals surface area contributed by atoms with Gasteiger partial charge in [0.05, 0.1) is 25.2 Å². The predicted molar refractivity (Wildman–Crippen MR) is 96.6 cm³/mol. The molecular weight excluding hydrogens is 346 g/mol. The molecule has 2 N–H and O–H groups in total. The summed E-state index contributed by atoms with van der Waals surface area (Å²) in [6.07, 6.45) is 3.54. The Morgan fingerprint density at radius 3 is 2.64 bits per heavy atom. The fourth-order valence-corrected chi connectivity index (χ4v) is 2.53. The molecule has 0 radical (unpaired) electrons. The normalized spacial score (nSPS) is 10.4. The Morgan fingerprint density at radius 2 is 2.00 bits per heavy atom. The van der Waals surface area contributed by atoms with Gasteiger partial charge in [0, 0.05) is 13.0 Å². The number of nitrogens with one attached hydrogen (secondary N) is 1. The quantitative estimate of drug-likeness (QED) is 0.550. The lowest BCUT2D eigenvalue weighted by Gasteiger charge is -2.14. The van der Waals surface area contributed by atoms with E-state index in [1.54, 1.807) is 13.2 Å². The number of unbranched alkanes of at least 4 members (excludes halogenated alkanes) is 2. The van der Waals surface area contributed by atoms with Crippen LogP contribution in [0.25, 0.3) is 0 Å². The predicted octanol–water partition coefficient (Wildman–Crippen LogP) is 3.44. The molecule has 1 amide bonds. The lowest BCUT2D eigenvalue weighted by atomic mass is 10.1. The number of aliphatic carboxylic acids is 1. The molecule has 0 heterocycles. The van der Waals surface area contributed by atoms with E-state index in [1.807, 2.05) is 6.07 Å². The van der Waals surface area contributed by atoms with Crippen LogP contribution in [0.3, 0.4) is 0 Å². The van der Waals surface area contributed by atoms with Gasteiger partial charge in [-0.2, -0.15) is 0 Å². The Morgan fingerprint density at radius 1 is 1.24 bits per heavy atom. The molecule has 1 rings (SSSR count). The Balaban J connectivity index is 2.56. The second-order valence-electron chi connectivity index (χ2n) is 5.66. The average Bonchev–Trinajstić information content (AvgIpc) is 2.57. The molecule has 0 fully saturated rings. The molecule has 0 aromatic heterocycles. The van der Waals surface area contributed by atoms with E-state index in [0.29, 0.717) is 36.1 Å². The summed E-state index contributed by atoms with van der Waals surface area (Å²) in [7, 11) is 1.56. The first kappa shape index (κ1) is 21.1. The van der Waals surface area contributed by atoms with Crippen LogP contribution in [0.2, 0.25) is 5.02 Å². The Hall–Kier alpha value is -1.95. The van der Waals surface area contributed by atoms with Crippen LogP contribution in [0.4, 0.5) is 0 Å². The summed E-state index contributed by atoms with van der Waals surface area (Å²) in [5, 5.41) is 11.7. The van der Waals surface area contributed by atoms with Gasteiger partial charge in [0.2, 0.25) is 5.91 Å². The van der Waals surface area contributed by atoms with Crippen molar-refractivity contribution < 1.29 is 24.2 Å². The molecule has 25 heavy (non-hydrogen) atoms. The summed E-state index contributed by atoms with van der Waals surface area (Å²) in [5.41, 5.74) is 0.904. The van der Waals surface area contributed by atoms with Crippen molar-refractivity contribution >= 4 is 23.5 Å². The summed E-state index contributed by atoms with van der Waals surface area (Å²) >= 11 is 6.29. The van der Waals surface area contributed by atoms with Gasteiger partial charge in [0.1, 0.15) is 0 Å². The number of hydrogen-bond acceptors (Lipinski definition) is 4. The van der Waals surface area contributed by atoms with Crippen molar-refractivity contribution in [3.63, 3.8) is 0 Å². The molecule has 0 saturated heterocycles. The first-order chi connectivity index (χ1) is 12.0. The highest BCUT2D eigenvalue weighted by molar-refractivity contribution is 6.32. The third-order valence-corrected chi connectivity index (χ3v) is 3.87. The minimum Gasteiger partial charge on any atom is -0.493 e. The summed E-state index contributed by atoms with van der Waals surface area (Å²) in [4.78, 5) is 21.9. The van der Waals surface area contributed by atoms with Crippen LogP contribution >= 0.6 is 11.6 Å². The Kier molecular flexibility index (Phi) is 9.77. The fourth-order valence-electron chi connectivity index (χ4n) is 2.24. The highest BCUT2D eigenvalue weighted by atomic mass is 35.5. The lowest BCUT2D eigenvalue weighted by molar-refractivity contribution is -0.138. The standard InChI is InChI=1S/C18H26ClNO5/c1-3-4-5-10-25-18-14(19)11-13(12-15(18)24-2)8-9-20-16(21)6-7-17(22)23/h11-12H,3-10H2,1-2H3,(H,20,21)(H,22,23). The van der Waals surface area contributed by atoms with Crippen molar-refractivity contribution in [2.24, 2.45) is 0 Å².